The Labute approximate surface area is 134 Å². The lowest BCUT2D eigenvalue weighted by Crippen LogP contribution is -2.40. The average Bonchev–Trinajstić information content (AvgIpc) is 2.55. The topological polar surface area (TPSA) is 26.3 Å². The minimum Gasteiger partial charge on any atom is -0.497 e. The van der Waals surface area contributed by atoms with Crippen molar-refractivity contribution in [3.8, 4) is 5.75 Å². The number of rotatable bonds is 4. The van der Waals surface area contributed by atoms with E-state index in [1.165, 1.54) is 36.8 Å². The van der Waals surface area contributed by atoms with Crippen molar-refractivity contribution < 1.29 is 9.53 Å². The van der Waals surface area contributed by atoms with Crippen LogP contribution in [-0.4, -0.2) is 12.9 Å². The van der Waals surface area contributed by atoms with E-state index in [9.17, 15) is 4.79 Å². The Bertz CT molecular complexity index is 549. The van der Waals surface area contributed by atoms with Crippen LogP contribution in [0, 0.1) is 17.8 Å². The maximum atomic E-state index is 12.5. The van der Waals surface area contributed by atoms with Crippen LogP contribution >= 0.6 is 0 Å². The molecule has 0 bridgehead atoms. The lowest BCUT2D eigenvalue weighted by molar-refractivity contribution is -0.128. The Morgan fingerprint density at radius 3 is 2.86 bits per heavy atom. The van der Waals surface area contributed by atoms with Crippen molar-refractivity contribution in [2.75, 3.05) is 7.11 Å². The van der Waals surface area contributed by atoms with Crippen molar-refractivity contribution in [2.45, 2.75) is 58.3 Å². The molecule has 0 amide bonds. The van der Waals surface area contributed by atoms with Crippen LogP contribution in [0.5, 0.6) is 5.75 Å². The van der Waals surface area contributed by atoms with Crippen molar-refractivity contribution in [2.24, 2.45) is 17.8 Å². The Morgan fingerprint density at radius 1 is 1.32 bits per heavy atom. The monoisotopic (exact) mass is 300 g/mol. The molecule has 0 spiro atoms. The van der Waals surface area contributed by atoms with Crippen molar-refractivity contribution >= 4 is 5.78 Å². The van der Waals surface area contributed by atoms with Gasteiger partial charge in [-0.2, -0.15) is 0 Å². The third kappa shape index (κ3) is 2.68. The van der Waals surface area contributed by atoms with E-state index in [1.54, 1.807) is 7.11 Å². The molecule has 2 nitrogen and oxygen atoms in total. The van der Waals surface area contributed by atoms with E-state index in [0.717, 1.165) is 18.6 Å². The predicted molar refractivity (Wildman–Crippen MR) is 89.3 cm³/mol. The van der Waals surface area contributed by atoms with Gasteiger partial charge in [0.15, 0.2) is 0 Å². The van der Waals surface area contributed by atoms with Gasteiger partial charge in [-0.1, -0.05) is 32.8 Å². The van der Waals surface area contributed by atoms with Crippen LogP contribution in [0.3, 0.4) is 0 Å². The summed E-state index contributed by atoms with van der Waals surface area (Å²) in [4.78, 5) is 12.5. The van der Waals surface area contributed by atoms with Crippen LogP contribution in [0.1, 0.15) is 63.0 Å². The zero-order chi connectivity index (χ0) is 15.7. The molecule has 0 unspecified atom stereocenters. The van der Waals surface area contributed by atoms with E-state index in [4.69, 9.17) is 4.74 Å². The number of hydrogen-bond donors (Lipinski definition) is 0. The molecule has 0 aromatic heterocycles. The number of hydrogen-bond acceptors (Lipinski definition) is 2. The van der Waals surface area contributed by atoms with Crippen LogP contribution in [0.15, 0.2) is 18.2 Å². The zero-order valence-corrected chi connectivity index (χ0v) is 14.1. The summed E-state index contributed by atoms with van der Waals surface area (Å²) in [5.41, 5.74) is 2.82. The van der Waals surface area contributed by atoms with Gasteiger partial charge in [0.25, 0.3) is 0 Å². The molecule has 22 heavy (non-hydrogen) atoms. The van der Waals surface area contributed by atoms with Gasteiger partial charge in [-0.3, -0.25) is 4.79 Å². The molecule has 0 heterocycles. The first-order chi connectivity index (χ1) is 10.7. The maximum Gasteiger partial charge on any atom is 0.136 e. The van der Waals surface area contributed by atoms with Gasteiger partial charge in [-0.25, -0.2) is 0 Å². The van der Waals surface area contributed by atoms with Crippen LogP contribution in [-0.2, 0) is 11.2 Å². The number of ether oxygens (including phenoxy) is 1. The van der Waals surface area contributed by atoms with Crippen molar-refractivity contribution in [1.82, 2.24) is 0 Å². The smallest absolute Gasteiger partial charge is 0.136 e. The number of methoxy groups -OCH3 is 1. The second kappa shape index (κ2) is 6.44. The van der Waals surface area contributed by atoms with E-state index >= 15 is 0 Å². The second-order valence-electron chi connectivity index (χ2n) is 7.15. The molecule has 3 rings (SSSR count). The standard InChI is InChI=1S/C20H28O2/c1-4-5-6-14-12-19(21)13(2)20-17(14)9-7-15-11-16(22-3)8-10-18(15)20/h8,10-11,13-14,17,20H,4-7,9,12H2,1-3H3/t13-,14-,17-,20-/m0/s1. The minimum absolute atomic E-state index is 0.176. The van der Waals surface area contributed by atoms with E-state index in [-0.39, 0.29) is 5.92 Å². The Hall–Kier alpha value is -1.31. The number of carbonyl (C=O) groups excluding carboxylic acids is 1. The van der Waals surface area contributed by atoms with Crippen molar-refractivity contribution in [3.05, 3.63) is 29.3 Å². The van der Waals surface area contributed by atoms with E-state index in [1.807, 2.05) is 0 Å². The molecule has 0 N–H and O–H groups in total. The summed E-state index contributed by atoms with van der Waals surface area (Å²) < 4.78 is 5.37. The third-order valence-electron chi connectivity index (χ3n) is 5.96. The van der Waals surface area contributed by atoms with E-state index < -0.39 is 0 Å². The number of fused-ring (bicyclic) bond motifs is 3. The molecule has 0 aliphatic heterocycles. The SMILES string of the molecule is CCCC[C@H]1CC(=O)[C@H](C)[C@@H]2c3ccc(OC)cc3CC[C@@H]12. The molecule has 1 fully saturated rings. The highest BCUT2D eigenvalue weighted by molar-refractivity contribution is 5.83. The second-order valence-corrected chi connectivity index (χ2v) is 7.15. The maximum absolute atomic E-state index is 12.5. The van der Waals surface area contributed by atoms with Gasteiger partial charge in [-0.05, 0) is 60.3 Å². The minimum atomic E-state index is 0.176. The van der Waals surface area contributed by atoms with Gasteiger partial charge in [0.05, 0.1) is 7.11 Å². The number of aryl methyl sites for hydroxylation is 1. The Kier molecular flexibility index (Phi) is 4.56. The van der Waals surface area contributed by atoms with E-state index in [0.29, 0.717) is 23.5 Å². The molecule has 0 radical (unpaired) electrons. The molecule has 2 aliphatic carbocycles. The lowest BCUT2D eigenvalue weighted by atomic mass is 9.58. The van der Waals surface area contributed by atoms with Crippen LogP contribution in [0.4, 0.5) is 0 Å². The highest BCUT2D eigenvalue weighted by Gasteiger charge is 2.44. The Morgan fingerprint density at radius 2 is 2.14 bits per heavy atom. The molecular formula is C20H28O2. The fraction of sp³-hybridized carbons (Fsp3) is 0.650. The van der Waals surface area contributed by atoms with Gasteiger partial charge in [0.1, 0.15) is 11.5 Å². The summed E-state index contributed by atoms with van der Waals surface area (Å²) in [7, 11) is 1.72. The van der Waals surface area contributed by atoms with Gasteiger partial charge in [0.2, 0.25) is 0 Å². The summed E-state index contributed by atoms with van der Waals surface area (Å²) in [6.07, 6.45) is 6.89. The van der Waals surface area contributed by atoms with Crippen LogP contribution in [0.2, 0.25) is 0 Å². The molecular weight excluding hydrogens is 272 g/mol. The van der Waals surface area contributed by atoms with Crippen molar-refractivity contribution in [3.63, 3.8) is 0 Å². The summed E-state index contributed by atoms with van der Waals surface area (Å²) >= 11 is 0. The first-order valence-corrected chi connectivity index (χ1v) is 8.85. The first kappa shape index (κ1) is 15.6. The van der Waals surface area contributed by atoms with Gasteiger partial charge < -0.3 is 4.74 Å². The largest absolute Gasteiger partial charge is 0.497 e. The first-order valence-electron chi connectivity index (χ1n) is 8.85. The summed E-state index contributed by atoms with van der Waals surface area (Å²) in [5, 5.41) is 0. The number of Topliss-reactive ketones (excluding diaryl/α,β-unsaturated/α-hetero) is 1. The number of unbranched alkanes of at least 4 members (excludes halogenated alkanes) is 1. The molecule has 2 heteroatoms. The predicted octanol–water partition coefficient (Wildman–Crippen LogP) is 4.76. The van der Waals surface area contributed by atoms with Gasteiger partial charge in [-0.15, -0.1) is 0 Å². The number of carbonyl (C=O) groups is 1. The van der Waals surface area contributed by atoms with Crippen LogP contribution < -0.4 is 4.74 Å². The van der Waals surface area contributed by atoms with Gasteiger partial charge in [0, 0.05) is 12.3 Å². The number of ketones is 1. The molecule has 1 aromatic rings. The Balaban J connectivity index is 1.93. The van der Waals surface area contributed by atoms with Crippen molar-refractivity contribution in [1.29, 1.82) is 0 Å². The molecule has 4 atom stereocenters. The highest BCUT2D eigenvalue weighted by atomic mass is 16.5. The van der Waals surface area contributed by atoms with E-state index in [2.05, 4.69) is 32.0 Å². The quantitative estimate of drug-likeness (QED) is 0.801. The fourth-order valence-electron chi connectivity index (χ4n) is 4.73. The molecule has 1 aromatic carbocycles. The normalized spacial score (nSPS) is 30.6. The average molecular weight is 300 g/mol. The molecule has 0 saturated heterocycles. The van der Waals surface area contributed by atoms with Crippen LogP contribution in [0.25, 0.3) is 0 Å². The third-order valence-corrected chi connectivity index (χ3v) is 5.96. The number of benzene rings is 1. The summed E-state index contributed by atoms with van der Waals surface area (Å²) in [6.45, 7) is 4.39. The summed E-state index contributed by atoms with van der Waals surface area (Å²) in [5.74, 6) is 3.32. The fourth-order valence-corrected chi connectivity index (χ4v) is 4.73. The molecule has 120 valence electrons. The molecule has 2 aliphatic rings. The van der Waals surface area contributed by atoms with Gasteiger partial charge >= 0.3 is 0 Å². The summed E-state index contributed by atoms with van der Waals surface area (Å²) in [6, 6.07) is 6.46. The molecule has 1 saturated carbocycles. The highest BCUT2D eigenvalue weighted by Crippen LogP contribution is 2.51. The lowest BCUT2D eigenvalue weighted by Gasteiger charge is -2.45. The zero-order valence-electron chi connectivity index (χ0n) is 14.1.